The molecule has 1 saturated carbocycles. The van der Waals surface area contributed by atoms with Crippen LogP contribution in [0.5, 0.6) is 5.75 Å². The van der Waals surface area contributed by atoms with Gasteiger partial charge in [-0.25, -0.2) is 0 Å². The van der Waals surface area contributed by atoms with E-state index in [4.69, 9.17) is 0 Å². The number of hydrogen-bond donors (Lipinski definition) is 2. The zero-order valence-electron chi connectivity index (χ0n) is 7.71. The number of carbonyl (C=O) groups is 1. The van der Waals surface area contributed by atoms with E-state index in [1.807, 2.05) is 6.07 Å². The molecule has 72 valence electrons. The Morgan fingerprint density at radius 1 is 1.36 bits per heavy atom. The van der Waals surface area contributed by atoms with Gasteiger partial charge in [0, 0.05) is 11.3 Å². The lowest BCUT2D eigenvalue weighted by molar-refractivity contribution is -0.123. The summed E-state index contributed by atoms with van der Waals surface area (Å²) in [6.45, 7) is 0. The number of nitrogens with one attached hydrogen (secondary N) is 1. The first-order chi connectivity index (χ1) is 6.74. The predicted octanol–water partition coefficient (Wildman–Crippen LogP) is 1.77. The second-order valence-corrected chi connectivity index (χ2v) is 4.09. The molecule has 3 rings (SSSR count). The van der Waals surface area contributed by atoms with Crippen LogP contribution in [0.15, 0.2) is 18.2 Å². The maximum Gasteiger partial charge on any atom is 0.235 e. The van der Waals surface area contributed by atoms with Crippen molar-refractivity contribution in [2.75, 3.05) is 5.32 Å². The number of rotatable bonds is 0. The van der Waals surface area contributed by atoms with Gasteiger partial charge in [0.05, 0.1) is 5.41 Å². The Bertz CT molecular complexity index is 421. The van der Waals surface area contributed by atoms with Crippen LogP contribution in [-0.2, 0) is 10.2 Å². The highest BCUT2D eigenvalue weighted by molar-refractivity contribution is 6.07. The van der Waals surface area contributed by atoms with E-state index in [9.17, 15) is 9.90 Å². The number of hydrogen-bond acceptors (Lipinski definition) is 2. The second kappa shape index (κ2) is 2.29. The van der Waals surface area contributed by atoms with Crippen LogP contribution in [0.4, 0.5) is 5.69 Å². The van der Waals surface area contributed by atoms with Crippen LogP contribution >= 0.6 is 0 Å². The maximum atomic E-state index is 11.8. The average Bonchev–Trinajstić information content (AvgIpc) is 2.37. The van der Waals surface area contributed by atoms with Crippen molar-refractivity contribution in [2.24, 2.45) is 0 Å². The quantitative estimate of drug-likeness (QED) is 0.653. The smallest absolute Gasteiger partial charge is 0.235 e. The van der Waals surface area contributed by atoms with E-state index in [1.165, 1.54) is 0 Å². The minimum atomic E-state index is -0.402. The molecule has 0 saturated heterocycles. The SMILES string of the molecule is O=C1Nc2cccc(O)c2C12CCC2. The van der Waals surface area contributed by atoms with Crippen LogP contribution in [0, 0.1) is 0 Å². The van der Waals surface area contributed by atoms with Crippen LogP contribution < -0.4 is 5.32 Å². The highest BCUT2D eigenvalue weighted by Gasteiger charge is 2.52. The molecule has 14 heavy (non-hydrogen) atoms. The number of amides is 1. The second-order valence-electron chi connectivity index (χ2n) is 4.09. The van der Waals surface area contributed by atoms with Gasteiger partial charge >= 0.3 is 0 Å². The molecule has 1 aliphatic heterocycles. The number of benzene rings is 1. The van der Waals surface area contributed by atoms with Crippen molar-refractivity contribution in [3.8, 4) is 5.75 Å². The van der Waals surface area contributed by atoms with Crippen molar-refractivity contribution in [3.63, 3.8) is 0 Å². The summed E-state index contributed by atoms with van der Waals surface area (Å²) in [6.07, 6.45) is 2.80. The highest BCUT2D eigenvalue weighted by Crippen LogP contribution is 2.53. The van der Waals surface area contributed by atoms with Crippen LogP contribution in [0.25, 0.3) is 0 Å². The van der Waals surface area contributed by atoms with E-state index in [2.05, 4.69) is 5.32 Å². The highest BCUT2D eigenvalue weighted by atomic mass is 16.3. The summed E-state index contributed by atoms with van der Waals surface area (Å²) in [6, 6.07) is 5.26. The van der Waals surface area contributed by atoms with E-state index in [-0.39, 0.29) is 11.7 Å². The van der Waals surface area contributed by atoms with Crippen molar-refractivity contribution in [2.45, 2.75) is 24.7 Å². The van der Waals surface area contributed by atoms with Gasteiger partial charge in [0.2, 0.25) is 5.91 Å². The van der Waals surface area contributed by atoms with Gasteiger partial charge < -0.3 is 10.4 Å². The summed E-state index contributed by atoms with van der Waals surface area (Å²) in [5, 5.41) is 12.6. The fourth-order valence-electron chi connectivity index (χ4n) is 2.51. The standard InChI is InChI=1S/C11H11NO2/c13-8-4-1-3-7-9(8)11(5-2-6-11)10(14)12-7/h1,3-4,13H,2,5-6H2,(H,12,14). The molecule has 2 N–H and O–H groups in total. The van der Waals surface area contributed by atoms with E-state index in [0.717, 1.165) is 30.5 Å². The summed E-state index contributed by atoms with van der Waals surface area (Å²) in [5.41, 5.74) is 1.20. The van der Waals surface area contributed by atoms with Crippen LogP contribution in [0.1, 0.15) is 24.8 Å². The summed E-state index contributed by atoms with van der Waals surface area (Å²) in [5.74, 6) is 0.306. The molecule has 1 aromatic carbocycles. The monoisotopic (exact) mass is 189 g/mol. The summed E-state index contributed by atoms with van der Waals surface area (Å²) in [4.78, 5) is 11.8. The largest absolute Gasteiger partial charge is 0.508 e. The van der Waals surface area contributed by atoms with Crippen molar-refractivity contribution in [1.29, 1.82) is 0 Å². The van der Waals surface area contributed by atoms with Gasteiger partial charge in [-0.05, 0) is 25.0 Å². The van der Waals surface area contributed by atoms with Crippen molar-refractivity contribution >= 4 is 11.6 Å². The zero-order chi connectivity index (χ0) is 9.76. The van der Waals surface area contributed by atoms with Gasteiger partial charge in [-0.1, -0.05) is 12.5 Å². The van der Waals surface area contributed by atoms with Gasteiger partial charge in [-0.2, -0.15) is 0 Å². The number of carbonyl (C=O) groups excluding carboxylic acids is 1. The van der Waals surface area contributed by atoms with Gasteiger partial charge in [0.1, 0.15) is 5.75 Å². The van der Waals surface area contributed by atoms with Gasteiger partial charge in [0.15, 0.2) is 0 Å². The van der Waals surface area contributed by atoms with Gasteiger partial charge in [-0.15, -0.1) is 0 Å². The van der Waals surface area contributed by atoms with E-state index >= 15 is 0 Å². The molecule has 1 spiro atoms. The normalized spacial score (nSPS) is 21.6. The molecule has 0 unspecified atom stereocenters. The topological polar surface area (TPSA) is 49.3 Å². The fraction of sp³-hybridized carbons (Fsp3) is 0.364. The molecule has 1 heterocycles. The maximum absolute atomic E-state index is 11.8. The zero-order valence-corrected chi connectivity index (χ0v) is 7.71. The van der Waals surface area contributed by atoms with Crippen LogP contribution in [0.3, 0.4) is 0 Å². The van der Waals surface area contributed by atoms with Crippen molar-refractivity contribution in [1.82, 2.24) is 0 Å². The number of phenolic OH excluding ortho intramolecular Hbond substituents is 1. The minimum Gasteiger partial charge on any atom is -0.508 e. The minimum absolute atomic E-state index is 0.0558. The lowest BCUT2D eigenvalue weighted by Crippen LogP contribution is -2.40. The summed E-state index contributed by atoms with van der Waals surface area (Å²) in [7, 11) is 0. The lowest BCUT2D eigenvalue weighted by Gasteiger charge is -2.36. The average molecular weight is 189 g/mol. The molecule has 0 atom stereocenters. The molecule has 1 fully saturated rings. The predicted molar refractivity (Wildman–Crippen MR) is 52.3 cm³/mol. The molecule has 1 amide bonds. The number of anilines is 1. The Morgan fingerprint density at radius 2 is 2.14 bits per heavy atom. The fourth-order valence-corrected chi connectivity index (χ4v) is 2.51. The van der Waals surface area contributed by atoms with Crippen LogP contribution in [0.2, 0.25) is 0 Å². The Kier molecular flexibility index (Phi) is 1.29. The molecular weight excluding hydrogens is 178 g/mol. The molecular formula is C11H11NO2. The molecule has 3 nitrogen and oxygen atoms in total. The third-order valence-corrected chi connectivity index (χ3v) is 3.41. The summed E-state index contributed by atoms with van der Waals surface area (Å²) >= 11 is 0. The first kappa shape index (κ1) is 7.85. The first-order valence-electron chi connectivity index (χ1n) is 4.88. The van der Waals surface area contributed by atoms with Crippen molar-refractivity contribution in [3.05, 3.63) is 23.8 Å². The van der Waals surface area contributed by atoms with Gasteiger partial charge in [-0.3, -0.25) is 4.79 Å². The summed E-state index contributed by atoms with van der Waals surface area (Å²) < 4.78 is 0. The number of fused-ring (bicyclic) bond motifs is 2. The van der Waals surface area contributed by atoms with E-state index in [1.54, 1.807) is 12.1 Å². The lowest BCUT2D eigenvalue weighted by atomic mass is 9.65. The third kappa shape index (κ3) is 0.710. The van der Waals surface area contributed by atoms with E-state index in [0.29, 0.717) is 0 Å². The molecule has 2 aliphatic rings. The third-order valence-electron chi connectivity index (χ3n) is 3.41. The molecule has 3 heteroatoms. The molecule has 0 aromatic heterocycles. The number of aromatic hydroxyl groups is 1. The Balaban J connectivity index is 2.25. The van der Waals surface area contributed by atoms with E-state index < -0.39 is 5.41 Å². The molecule has 1 aliphatic carbocycles. The Labute approximate surface area is 81.8 Å². The Morgan fingerprint density at radius 3 is 2.79 bits per heavy atom. The van der Waals surface area contributed by atoms with Crippen LogP contribution in [-0.4, -0.2) is 11.0 Å². The molecule has 0 bridgehead atoms. The molecule has 0 radical (unpaired) electrons. The number of phenols is 1. The Hall–Kier alpha value is -1.51. The van der Waals surface area contributed by atoms with Gasteiger partial charge in [0.25, 0.3) is 0 Å². The molecule has 1 aromatic rings. The van der Waals surface area contributed by atoms with Crippen molar-refractivity contribution < 1.29 is 9.90 Å². The first-order valence-corrected chi connectivity index (χ1v) is 4.88.